The van der Waals surface area contributed by atoms with Gasteiger partial charge in [-0.15, -0.1) is 0 Å². The van der Waals surface area contributed by atoms with E-state index in [1.807, 2.05) is 0 Å². The highest BCUT2D eigenvalue weighted by atomic mass is 35.5. The molecule has 0 saturated heterocycles. The van der Waals surface area contributed by atoms with Gasteiger partial charge in [-0.05, 0) is 31.5 Å². The number of hydrogen-bond acceptors (Lipinski definition) is 2. The Morgan fingerprint density at radius 1 is 1.53 bits per heavy atom. The van der Waals surface area contributed by atoms with E-state index in [9.17, 15) is 4.79 Å². The molecule has 0 bridgehead atoms. The first kappa shape index (κ1) is 13.8. The van der Waals surface area contributed by atoms with Gasteiger partial charge in [0, 0.05) is 16.8 Å². The minimum absolute atomic E-state index is 0.223. The molecular formula is C13H18ClNO2. The van der Waals surface area contributed by atoms with Gasteiger partial charge in [0.1, 0.15) is 0 Å². The average Bonchev–Trinajstić information content (AvgIpc) is 2.28. The molecule has 0 heterocycles. The van der Waals surface area contributed by atoms with Crippen LogP contribution in [0.2, 0.25) is 5.02 Å². The average molecular weight is 256 g/mol. The molecule has 0 saturated carbocycles. The van der Waals surface area contributed by atoms with E-state index in [-0.39, 0.29) is 11.6 Å². The Hall–Kier alpha value is -1.22. The van der Waals surface area contributed by atoms with Gasteiger partial charge in [0.25, 0.3) is 0 Å². The summed E-state index contributed by atoms with van der Waals surface area (Å²) in [6, 6.07) is 5.14. The monoisotopic (exact) mass is 255 g/mol. The molecular weight excluding hydrogens is 238 g/mol. The Morgan fingerprint density at radius 3 is 2.82 bits per heavy atom. The number of hydrogen-bond donors (Lipinski definition) is 2. The smallest absolute Gasteiger partial charge is 0.337 e. The van der Waals surface area contributed by atoms with Crippen LogP contribution in [-0.4, -0.2) is 17.1 Å². The summed E-state index contributed by atoms with van der Waals surface area (Å²) >= 11 is 5.79. The molecule has 94 valence electrons. The minimum Gasteiger partial charge on any atom is -0.478 e. The van der Waals surface area contributed by atoms with Gasteiger partial charge in [-0.2, -0.15) is 0 Å². The molecule has 2 N–H and O–H groups in total. The normalized spacial score (nSPS) is 12.2. The minimum atomic E-state index is -0.960. The molecule has 0 aliphatic heterocycles. The SMILES string of the molecule is CCCCC(C)Nc1ccc(Cl)cc1C(=O)O. The molecule has 0 aromatic heterocycles. The number of carboxylic acids is 1. The number of unbranched alkanes of at least 4 members (excludes halogenated alkanes) is 1. The molecule has 0 aliphatic carbocycles. The molecule has 1 rings (SSSR count). The van der Waals surface area contributed by atoms with Gasteiger partial charge < -0.3 is 10.4 Å². The van der Waals surface area contributed by atoms with Crippen molar-refractivity contribution in [2.75, 3.05) is 5.32 Å². The molecule has 1 aromatic carbocycles. The second-order valence-corrected chi connectivity index (χ2v) is 4.62. The van der Waals surface area contributed by atoms with Crippen molar-refractivity contribution in [3.05, 3.63) is 28.8 Å². The zero-order valence-corrected chi connectivity index (χ0v) is 10.9. The van der Waals surface area contributed by atoms with Gasteiger partial charge in [-0.1, -0.05) is 31.4 Å². The van der Waals surface area contributed by atoms with Crippen LogP contribution in [0.5, 0.6) is 0 Å². The van der Waals surface area contributed by atoms with Gasteiger partial charge in [0.2, 0.25) is 0 Å². The van der Waals surface area contributed by atoms with E-state index < -0.39 is 5.97 Å². The van der Waals surface area contributed by atoms with Crippen LogP contribution in [0, 0.1) is 0 Å². The predicted molar refractivity (Wildman–Crippen MR) is 71.0 cm³/mol. The van der Waals surface area contributed by atoms with Crippen molar-refractivity contribution in [1.82, 2.24) is 0 Å². The first-order valence-corrected chi connectivity index (χ1v) is 6.21. The second-order valence-electron chi connectivity index (χ2n) is 4.18. The fraction of sp³-hybridized carbons (Fsp3) is 0.462. The first-order valence-electron chi connectivity index (χ1n) is 5.84. The molecule has 0 amide bonds. The van der Waals surface area contributed by atoms with E-state index >= 15 is 0 Å². The summed E-state index contributed by atoms with van der Waals surface area (Å²) in [5.74, 6) is -0.960. The molecule has 3 nitrogen and oxygen atoms in total. The molecule has 1 aromatic rings. The quantitative estimate of drug-likeness (QED) is 0.807. The van der Waals surface area contributed by atoms with Crippen LogP contribution in [0.15, 0.2) is 18.2 Å². The summed E-state index contributed by atoms with van der Waals surface area (Å²) in [6.07, 6.45) is 3.29. The van der Waals surface area contributed by atoms with E-state index in [0.29, 0.717) is 10.7 Å². The molecule has 0 aliphatic rings. The summed E-state index contributed by atoms with van der Waals surface area (Å²) in [5.41, 5.74) is 0.853. The van der Waals surface area contributed by atoms with Crippen LogP contribution < -0.4 is 5.32 Å². The lowest BCUT2D eigenvalue weighted by Crippen LogP contribution is -2.17. The van der Waals surface area contributed by atoms with Crippen LogP contribution in [-0.2, 0) is 0 Å². The number of nitrogens with one attached hydrogen (secondary N) is 1. The van der Waals surface area contributed by atoms with Gasteiger partial charge in [-0.3, -0.25) is 0 Å². The fourth-order valence-corrected chi connectivity index (χ4v) is 1.84. The van der Waals surface area contributed by atoms with Crippen molar-refractivity contribution in [2.24, 2.45) is 0 Å². The summed E-state index contributed by atoms with van der Waals surface area (Å²) < 4.78 is 0. The molecule has 0 fully saturated rings. The summed E-state index contributed by atoms with van der Waals surface area (Å²) in [7, 11) is 0. The van der Waals surface area contributed by atoms with E-state index in [1.54, 1.807) is 12.1 Å². The maximum absolute atomic E-state index is 11.1. The lowest BCUT2D eigenvalue weighted by atomic mass is 10.1. The van der Waals surface area contributed by atoms with Crippen molar-refractivity contribution in [3.8, 4) is 0 Å². The highest BCUT2D eigenvalue weighted by Gasteiger charge is 2.12. The summed E-state index contributed by atoms with van der Waals surface area (Å²) in [4.78, 5) is 11.1. The van der Waals surface area contributed by atoms with Gasteiger partial charge in [0.05, 0.1) is 5.56 Å². The molecule has 4 heteroatoms. The largest absolute Gasteiger partial charge is 0.478 e. The summed E-state index contributed by atoms with van der Waals surface area (Å²) in [5, 5.41) is 12.7. The number of carbonyl (C=O) groups is 1. The number of halogens is 1. The summed E-state index contributed by atoms with van der Waals surface area (Å²) in [6.45, 7) is 4.19. The van der Waals surface area contributed by atoms with Crippen LogP contribution in [0.25, 0.3) is 0 Å². The van der Waals surface area contributed by atoms with Crippen molar-refractivity contribution in [1.29, 1.82) is 0 Å². The van der Waals surface area contributed by atoms with Crippen molar-refractivity contribution < 1.29 is 9.90 Å². The van der Waals surface area contributed by atoms with E-state index in [0.717, 1.165) is 19.3 Å². The first-order chi connectivity index (χ1) is 8.04. The third-order valence-electron chi connectivity index (χ3n) is 2.60. The molecule has 1 atom stereocenters. The van der Waals surface area contributed by atoms with Crippen molar-refractivity contribution in [3.63, 3.8) is 0 Å². The predicted octanol–water partition coefficient (Wildman–Crippen LogP) is 4.03. The Balaban J connectivity index is 2.79. The van der Waals surface area contributed by atoms with Crippen LogP contribution in [0.3, 0.4) is 0 Å². The zero-order valence-electron chi connectivity index (χ0n) is 10.2. The lowest BCUT2D eigenvalue weighted by molar-refractivity contribution is 0.0698. The van der Waals surface area contributed by atoms with Crippen molar-refractivity contribution in [2.45, 2.75) is 39.2 Å². The molecule has 1 unspecified atom stereocenters. The topological polar surface area (TPSA) is 49.3 Å². The van der Waals surface area contributed by atoms with Gasteiger partial charge >= 0.3 is 5.97 Å². The lowest BCUT2D eigenvalue weighted by Gasteiger charge is -2.16. The Kier molecular flexibility index (Phi) is 5.29. The second kappa shape index (κ2) is 6.50. The maximum Gasteiger partial charge on any atom is 0.337 e. The number of aromatic carboxylic acids is 1. The number of anilines is 1. The highest BCUT2D eigenvalue weighted by molar-refractivity contribution is 6.31. The third-order valence-corrected chi connectivity index (χ3v) is 2.84. The molecule has 17 heavy (non-hydrogen) atoms. The highest BCUT2D eigenvalue weighted by Crippen LogP contribution is 2.22. The molecule has 0 radical (unpaired) electrons. The van der Waals surface area contributed by atoms with Gasteiger partial charge in [-0.25, -0.2) is 4.79 Å². The Bertz CT molecular complexity index is 393. The van der Waals surface area contributed by atoms with Crippen LogP contribution >= 0.6 is 11.6 Å². The van der Waals surface area contributed by atoms with Crippen LogP contribution in [0.1, 0.15) is 43.5 Å². The van der Waals surface area contributed by atoms with E-state index in [2.05, 4.69) is 19.2 Å². The zero-order chi connectivity index (χ0) is 12.8. The fourth-order valence-electron chi connectivity index (χ4n) is 1.67. The Morgan fingerprint density at radius 2 is 2.24 bits per heavy atom. The van der Waals surface area contributed by atoms with Crippen molar-refractivity contribution >= 4 is 23.3 Å². The number of rotatable bonds is 6. The van der Waals surface area contributed by atoms with E-state index in [4.69, 9.17) is 16.7 Å². The van der Waals surface area contributed by atoms with Gasteiger partial charge in [0.15, 0.2) is 0 Å². The third kappa shape index (κ3) is 4.27. The maximum atomic E-state index is 11.1. The standard InChI is InChI=1S/C13H18ClNO2/c1-3-4-5-9(2)15-12-7-6-10(14)8-11(12)13(16)17/h6-9,15H,3-5H2,1-2H3,(H,16,17). The Labute approximate surface area is 107 Å². The number of carboxylic acid groups (broad SMARTS) is 1. The molecule has 0 spiro atoms. The van der Waals surface area contributed by atoms with Crippen LogP contribution in [0.4, 0.5) is 5.69 Å². The number of benzene rings is 1. The van der Waals surface area contributed by atoms with E-state index in [1.165, 1.54) is 6.07 Å².